The Morgan fingerprint density at radius 1 is 1.29 bits per heavy atom. The van der Waals surface area contributed by atoms with Crippen molar-refractivity contribution in [1.29, 1.82) is 0 Å². The summed E-state index contributed by atoms with van der Waals surface area (Å²) in [4.78, 5) is 11.1. The molecule has 0 fully saturated rings. The van der Waals surface area contributed by atoms with Crippen LogP contribution < -0.4 is 4.74 Å². The van der Waals surface area contributed by atoms with Crippen molar-refractivity contribution < 1.29 is 9.53 Å². The van der Waals surface area contributed by atoms with Gasteiger partial charge in [0.15, 0.2) is 5.78 Å². The molecule has 0 saturated heterocycles. The van der Waals surface area contributed by atoms with Gasteiger partial charge in [-0.05, 0) is 31.5 Å². The maximum absolute atomic E-state index is 11.1. The van der Waals surface area contributed by atoms with Crippen LogP contribution in [0.2, 0.25) is 5.02 Å². The van der Waals surface area contributed by atoms with E-state index in [0.717, 1.165) is 6.42 Å². The van der Waals surface area contributed by atoms with Gasteiger partial charge in [-0.15, -0.1) is 0 Å². The Balaban J connectivity index is 2.46. The van der Waals surface area contributed by atoms with E-state index in [1.54, 1.807) is 18.2 Å². The molecular formula is C14H19ClO2. The molecule has 94 valence electrons. The summed E-state index contributed by atoms with van der Waals surface area (Å²) in [6.07, 6.45) is 4.67. The maximum Gasteiger partial charge on any atom is 0.159 e. The molecule has 0 aliphatic carbocycles. The number of carbonyl (C=O) groups excluding carboxylic acids is 1. The van der Waals surface area contributed by atoms with Gasteiger partial charge in [0, 0.05) is 5.56 Å². The summed E-state index contributed by atoms with van der Waals surface area (Å²) in [5.41, 5.74) is 0.619. The zero-order chi connectivity index (χ0) is 12.7. The highest BCUT2D eigenvalue weighted by molar-refractivity contribution is 6.32. The monoisotopic (exact) mass is 254 g/mol. The summed E-state index contributed by atoms with van der Waals surface area (Å²) in [6, 6.07) is 5.17. The minimum Gasteiger partial charge on any atom is -0.492 e. The second kappa shape index (κ2) is 7.33. The third-order valence-electron chi connectivity index (χ3n) is 2.59. The average molecular weight is 255 g/mol. The Kier molecular flexibility index (Phi) is 6.06. The average Bonchev–Trinajstić information content (AvgIpc) is 2.30. The topological polar surface area (TPSA) is 26.3 Å². The first kappa shape index (κ1) is 14.0. The van der Waals surface area contributed by atoms with Gasteiger partial charge in [-0.1, -0.05) is 37.8 Å². The van der Waals surface area contributed by atoms with Gasteiger partial charge in [0.05, 0.1) is 11.6 Å². The molecule has 1 rings (SSSR count). The minimum atomic E-state index is 0.0152. The lowest BCUT2D eigenvalue weighted by molar-refractivity contribution is 0.101. The molecule has 0 unspecified atom stereocenters. The number of rotatable bonds is 7. The Labute approximate surface area is 108 Å². The number of hydrogen-bond acceptors (Lipinski definition) is 2. The first-order valence-corrected chi connectivity index (χ1v) is 6.46. The Morgan fingerprint density at radius 2 is 2.06 bits per heavy atom. The second-order valence-electron chi connectivity index (χ2n) is 4.11. The zero-order valence-corrected chi connectivity index (χ0v) is 11.2. The van der Waals surface area contributed by atoms with E-state index in [9.17, 15) is 4.79 Å². The fourth-order valence-electron chi connectivity index (χ4n) is 1.55. The molecule has 2 nitrogen and oxygen atoms in total. The smallest absolute Gasteiger partial charge is 0.159 e. The van der Waals surface area contributed by atoms with Gasteiger partial charge in [0.1, 0.15) is 5.75 Å². The van der Waals surface area contributed by atoms with E-state index in [2.05, 4.69) is 6.92 Å². The third-order valence-corrected chi connectivity index (χ3v) is 2.89. The van der Waals surface area contributed by atoms with Crippen LogP contribution in [-0.2, 0) is 0 Å². The van der Waals surface area contributed by atoms with E-state index < -0.39 is 0 Å². The summed E-state index contributed by atoms with van der Waals surface area (Å²) < 4.78 is 5.57. The molecule has 0 N–H and O–H groups in total. The number of ketones is 1. The van der Waals surface area contributed by atoms with Crippen molar-refractivity contribution in [2.45, 2.75) is 39.5 Å². The van der Waals surface area contributed by atoms with Gasteiger partial charge in [-0.2, -0.15) is 0 Å². The van der Waals surface area contributed by atoms with E-state index in [4.69, 9.17) is 16.3 Å². The Hall–Kier alpha value is -1.02. The predicted molar refractivity (Wildman–Crippen MR) is 71.1 cm³/mol. The number of ether oxygens (including phenoxy) is 1. The molecular weight excluding hydrogens is 236 g/mol. The summed E-state index contributed by atoms with van der Waals surface area (Å²) in [5, 5.41) is 0.508. The molecule has 0 radical (unpaired) electrons. The van der Waals surface area contributed by atoms with Crippen molar-refractivity contribution in [3.63, 3.8) is 0 Å². The van der Waals surface area contributed by atoms with Gasteiger partial charge in [-0.3, -0.25) is 4.79 Å². The van der Waals surface area contributed by atoms with Crippen LogP contribution in [0.25, 0.3) is 0 Å². The number of carbonyl (C=O) groups is 1. The molecule has 0 heterocycles. The van der Waals surface area contributed by atoms with Gasteiger partial charge < -0.3 is 4.74 Å². The van der Waals surface area contributed by atoms with Crippen LogP contribution in [-0.4, -0.2) is 12.4 Å². The predicted octanol–water partition coefficient (Wildman–Crippen LogP) is 4.50. The van der Waals surface area contributed by atoms with Crippen LogP contribution in [0.5, 0.6) is 5.75 Å². The van der Waals surface area contributed by atoms with Gasteiger partial charge in [0.2, 0.25) is 0 Å². The Bertz CT molecular complexity index is 374. The van der Waals surface area contributed by atoms with Crippen molar-refractivity contribution in [3.8, 4) is 5.75 Å². The molecule has 0 atom stereocenters. The largest absolute Gasteiger partial charge is 0.492 e. The summed E-state index contributed by atoms with van der Waals surface area (Å²) in [6.45, 7) is 4.38. The van der Waals surface area contributed by atoms with E-state index in [1.807, 2.05) is 0 Å². The van der Waals surface area contributed by atoms with Gasteiger partial charge in [0.25, 0.3) is 0 Å². The summed E-state index contributed by atoms with van der Waals surface area (Å²) in [5.74, 6) is 0.676. The van der Waals surface area contributed by atoms with E-state index in [0.29, 0.717) is 22.9 Å². The summed E-state index contributed by atoms with van der Waals surface area (Å²) >= 11 is 6.04. The molecule has 0 aromatic heterocycles. The van der Waals surface area contributed by atoms with Crippen LogP contribution >= 0.6 is 11.6 Å². The molecule has 0 spiro atoms. The SMILES string of the molecule is CCCCCCOc1ccc(C(C)=O)cc1Cl. The maximum atomic E-state index is 11.1. The first-order chi connectivity index (χ1) is 8.15. The van der Waals surface area contributed by atoms with E-state index in [-0.39, 0.29) is 5.78 Å². The van der Waals surface area contributed by atoms with Crippen LogP contribution in [0.3, 0.4) is 0 Å². The van der Waals surface area contributed by atoms with Crippen LogP contribution in [0, 0.1) is 0 Å². The number of unbranched alkanes of at least 4 members (excludes halogenated alkanes) is 3. The molecule has 0 amide bonds. The second-order valence-corrected chi connectivity index (χ2v) is 4.52. The van der Waals surface area contributed by atoms with Crippen LogP contribution in [0.1, 0.15) is 49.9 Å². The molecule has 0 aliphatic rings. The van der Waals surface area contributed by atoms with Gasteiger partial charge >= 0.3 is 0 Å². The lowest BCUT2D eigenvalue weighted by Crippen LogP contribution is -1.99. The molecule has 0 aliphatic heterocycles. The number of halogens is 1. The van der Waals surface area contributed by atoms with Crippen molar-refractivity contribution >= 4 is 17.4 Å². The molecule has 17 heavy (non-hydrogen) atoms. The van der Waals surface area contributed by atoms with Crippen molar-refractivity contribution in [3.05, 3.63) is 28.8 Å². The fraction of sp³-hybridized carbons (Fsp3) is 0.500. The lowest BCUT2D eigenvalue weighted by atomic mass is 10.1. The van der Waals surface area contributed by atoms with Crippen LogP contribution in [0.15, 0.2) is 18.2 Å². The van der Waals surface area contributed by atoms with Crippen molar-refractivity contribution in [2.24, 2.45) is 0 Å². The zero-order valence-electron chi connectivity index (χ0n) is 10.5. The minimum absolute atomic E-state index is 0.0152. The molecule has 1 aromatic rings. The Morgan fingerprint density at radius 3 is 2.65 bits per heavy atom. The highest BCUT2D eigenvalue weighted by Gasteiger charge is 2.05. The fourth-order valence-corrected chi connectivity index (χ4v) is 1.78. The quantitative estimate of drug-likeness (QED) is 0.529. The molecule has 0 saturated carbocycles. The number of hydrogen-bond donors (Lipinski definition) is 0. The summed E-state index contributed by atoms with van der Waals surface area (Å²) in [7, 11) is 0. The van der Waals surface area contributed by atoms with Crippen LogP contribution in [0.4, 0.5) is 0 Å². The first-order valence-electron chi connectivity index (χ1n) is 6.08. The number of benzene rings is 1. The highest BCUT2D eigenvalue weighted by atomic mass is 35.5. The van der Waals surface area contributed by atoms with E-state index in [1.165, 1.54) is 26.2 Å². The van der Waals surface area contributed by atoms with Crippen molar-refractivity contribution in [2.75, 3.05) is 6.61 Å². The van der Waals surface area contributed by atoms with Gasteiger partial charge in [-0.25, -0.2) is 0 Å². The third kappa shape index (κ3) is 4.78. The van der Waals surface area contributed by atoms with Crippen molar-refractivity contribution in [1.82, 2.24) is 0 Å². The molecule has 3 heteroatoms. The molecule has 0 bridgehead atoms. The highest BCUT2D eigenvalue weighted by Crippen LogP contribution is 2.25. The molecule has 1 aromatic carbocycles. The lowest BCUT2D eigenvalue weighted by Gasteiger charge is -2.08. The number of Topliss-reactive ketones (excluding diaryl/α,β-unsaturated/α-hetero) is 1. The normalized spacial score (nSPS) is 10.3. The standard InChI is InChI=1S/C14H19ClO2/c1-3-4-5-6-9-17-14-8-7-12(11(2)16)10-13(14)15/h7-8,10H,3-6,9H2,1-2H3. The van der Waals surface area contributed by atoms with E-state index >= 15 is 0 Å².